The Kier molecular flexibility index (Phi) is 2.05. The van der Waals surface area contributed by atoms with Gasteiger partial charge >= 0.3 is 0 Å². The lowest BCUT2D eigenvalue weighted by atomic mass is 9.72. The van der Waals surface area contributed by atoms with Gasteiger partial charge in [-0.15, -0.1) is 0 Å². The van der Waals surface area contributed by atoms with Crippen LogP contribution in [0.1, 0.15) is 26.2 Å². The van der Waals surface area contributed by atoms with Crippen LogP contribution in [0.4, 0.5) is 0 Å². The fourth-order valence-electron chi connectivity index (χ4n) is 2.39. The Balaban J connectivity index is 2.26. The summed E-state index contributed by atoms with van der Waals surface area (Å²) in [6, 6.07) is 0. The molecular weight excluding hydrogens is 148 g/mol. The molecule has 1 nitrogen and oxygen atoms in total. The number of aliphatic hydroxyl groups excluding tert-OH is 1. The van der Waals surface area contributed by atoms with Crippen molar-refractivity contribution in [3.8, 4) is 0 Å². The first-order valence-electron chi connectivity index (χ1n) is 4.80. The molecule has 0 aromatic heterocycles. The Bertz CT molecular complexity index is 227. The molecular formula is C11H16O. The molecule has 66 valence electrons. The lowest BCUT2D eigenvalue weighted by Crippen LogP contribution is -2.32. The quantitative estimate of drug-likeness (QED) is 0.544. The SMILES string of the molecule is CC1=CCC(O)C2CCC=CC12. The van der Waals surface area contributed by atoms with Gasteiger partial charge in [0.05, 0.1) is 6.10 Å². The first-order chi connectivity index (χ1) is 5.79. The number of hydrogen-bond acceptors (Lipinski definition) is 1. The van der Waals surface area contributed by atoms with Crippen LogP contribution >= 0.6 is 0 Å². The van der Waals surface area contributed by atoms with Crippen molar-refractivity contribution in [2.75, 3.05) is 0 Å². The molecule has 0 aliphatic heterocycles. The van der Waals surface area contributed by atoms with E-state index in [9.17, 15) is 5.11 Å². The first-order valence-corrected chi connectivity index (χ1v) is 4.80. The van der Waals surface area contributed by atoms with Gasteiger partial charge in [-0.1, -0.05) is 23.8 Å². The van der Waals surface area contributed by atoms with E-state index in [1.807, 2.05) is 0 Å². The Morgan fingerprint density at radius 3 is 3.08 bits per heavy atom. The maximum atomic E-state index is 9.74. The van der Waals surface area contributed by atoms with Crippen molar-refractivity contribution in [1.29, 1.82) is 0 Å². The van der Waals surface area contributed by atoms with Crippen LogP contribution in [-0.2, 0) is 0 Å². The van der Waals surface area contributed by atoms with E-state index in [0.717, 1.165) is 19.3 Å². The third-order valence-electron chi connectivity index (χ3n) is 3.17. The zero-order chi connectivity index (χ0) is 8.55. The van der Waals surface area contributed by atoms with Gasteiger partial charge in [0.2, 0.25) is 0 Å². The van der Waals surface area contributed by atoms with E-state index in [0.29, 0.717) is 11.8 Å². The van der Waals surface area contributed by atoms with Crippen molar-refractivity contribution >= 4 is 0 Å². The fourth-order valence-corrected chi connectivity index (χ4v) is 2.39. The molecule has 0 fully saturated rings. The predicted molar refractivity (Wildman–Crippen MR) is 49.7 cm³/mol. The smallest absolute Gasteiger partial charge is 0.0611 e. The molecule has 1 heteroatoms. The number of fused-ring (bicyclic) bond motifs is 1. The Morgan fingerprint density at radius 1 is 1.50 bits per heavy atom. The minimum Gasteiger partial charge on any atom is -0.392 e. The van der Waals surface area contributed by atoms with Crippen molar-refractivity contribution in [2.24, 2.45) is 11.8 Å². The normalized spacial score (nSPS) is 40.5. The van der Waals surface area contributed by atoms with Crippen molar-refractivity contribution in [3.05, 3.63) is 23.8 Å². The van der Waals surface area contributed by atoms with E-state index in [1.165, 1.54) is 5.57 Å². The number of allylic oxidation sites excluding steroid dienone is 3. The van der Waals surface area contributed by atoms with E-state index in [4.69, 9.17) is 0 Å². The van der Waals surface area contributed by atoms with E-state index in [-0.39, 0.29) is 6.10 Å². The topological polar surface area (TPSA) is 20.2 Å². The maximum Gasteiger partial charge on any atom is 0.0611 e. The second-order valence-corrected chi connectivity index (χ2v) is 3.95. The van der Waals surface area contributed by atoms with E-state index < -0.39 is 0 Å². The summed E-state index contributed by atoms with van der Waals surface area (Å²) in [6.45, 7) is 2.18. The average molecular weight is 164 g/mol. The van der Waals surface area contributed by atoms with Crippen LogP contribution in [0.3, 0.4) is 0 Å². The molecule has 12 heavy (non-hydrogen) atoms. The minimum absolute atomic E-state index is 0.0938. The molecule has 0 saturated carbocycles. The molecule has 0 amide bonds. The summed E-state index contributed by atoms with van der Waals surface area (Å²) in [7, 11) is 0. The van der Waals surface area contributed by atoms with Gasteiger partial charge in [0, 0.05) is 5.92 Å². The van der Waals surface area contributed by atoms with E-state index in [2.05, 4.69) is 25.2 Å². The second kappa shape index (κ2) is 3.06. The summed E-state index contributed by atoms with van der Waals surface area (Å²) in [5.74, 6) is 1.03. The van der Waals surface area contributed by atoms with Crippen molar-refractivity contribution < 1.29 is 5.11 Å². The summed E-state index contributed by atoms with van der Waals surface area (Å²) in [5, 5.41) is 9.74. The first kappa shape index (κ1) is 8.06. The van der Waals surface area contributed by atoms with Gasteiger partial charge in [-0.2, -0.15) is 0 Å². The predicted octanol–water partition coefficient (Wildman–Crippen LogP) is 2.28. The van der Waals surface area contributed by atoms with Crippen LogP contribution in [-0.4, -0.2) is 11.2 Å². The molecule has 2 aliphatic rings. The van der Waals surface area contributed by atoms with Gasteiger partial charge in [-0.25, -0.2) is 0 Å². The van der Waals surface area contributed by atoms with Crippen LogP contribution in [0, 0.1) is 11.8 Å². The number of rotatable bonds is 0. The molecule has 0 aromatic carbocycles. The zero-order valence-corrected chi connectivity index (χ0v) is 7.53. The largest absolute Gasteiger partial charge is 0.392 e. The minimum atomic E-state index is -0.0938. The van der Waals surface area contributed by atoms with Gasteiger partial charge in [0.1, 0.15) is 0 Å². The standard InChI is InChI=1S/C11H16O/c1-8-6-7-11(12)10-5-3-2-4-9(8)10/h2,4,6,9-12H,3,5,7H2,1H3. The highest BCUT2D eigenvalue weighted by atomic mass is 16.3. The monoisotopic (exact) mass is 164 g/mol. The highest BCUT2D eigenvalue weighted by molar-refractivity contribution is 5.19. The van der Waals surface area contributed by atoms with Crippen LogP contribution in [0.2, 0.25) is 0 Å². The van der Waals surface area contributed by atoms with Crippen LogP contribution < -0.4 is 0 Å². The molecule has 2 aliphatic carbocycles. The number of aliphatic hydroxyl groups is 1. The van der Waals surface area contributed by atoms with Gasteiger partial charge in [0.15, 0.2) is 0 Å². The summed E-state index contributed by atoms with van der Waals surface area (Å²) < 4.78 is 0. The molecule has 0 spiro atoms. The van der Waals surface area contributed by atoms with Gasteiger partial charge in [0.25, 0.3) is 0 Å². The summed E-state index contributed by atoms with van der Waals surface area (Å²) in [5.41, 5.74) is 1.45. The zero-order valence-electron chi connectivity index (χ0n) is 7.53. The Labute approximate surface area is 73.8 Å². The summed E-state index contributed by atoms with van der Waals surface area (Å²) in [6.07, 6.45) is 9.77. The highest BCUT2D eigenvalue weighted by Crippen LogP contribution is 2.37. The highest BCUT2D eigenvalue weighted by Gasteiger charge is 2.31. The Morgan fingerprint density at radius 2 is 2.33 bits per heavy atom. The molecule has 3 atom stereocenters. The summed E-state index contributed by atoms with van der Waals surface area (Å²) >= 11 is 0. The van der Waals surface area contributed by atoms with Crippen LogP contribution in [0.5, 0.6) is 0 Å². The molecule has 0 radical (unpaired) electrons. The average Bonchev–Trinajstić information content (AvgIpc) is 2.12. The summed E-state index contributed by atoms with van der Waals surface area (Å²) in [4.78, 5) is 0. The molecule has 3 unspecified atom stereocenters. The molecule has 0 bridgehead atoms. The van der Waals surface area contributed by atoms with E-state index >= 15 is 0 Å². The van der Waals surface area contributed by atoms with Crippen molar-refractivity contribution in [1.82, 2.24) is 0 Å². The molecule has 0 saturated heterocycles. The molecule has 1 N–H and O–H groups in total. The maximum absolute atomic E-state index is 9.74. The van der Waals surface area contributed by atoms with Gasteiger partial charge in [-0.3, -0.25) is 0 Å². The van der Waals surface area contributed by atoms with Crippen molar-refractivity contribution in [2.45, 2.75) is 32.3 Å². The lowest BCUT2D eigenvalue weighted by molar-refractivity contribution is 0.0785. The van der Waals surface area contributed by atoms with Crippen LogP contribution in [0.25, 0.3) is 0 Å². The molecule has 0 heterocycles. The third-order valence-corrected chi connectivity index (χ3v) is 3.17. The number of hydrogen-bond donors (Lipinski definition) is 1. The van der Waals surface area contributed by atoms with Crippen LogP contribution in [0.15, 0.2) is 23.8 Å². The Hall–Kier alpha value is -0.560. The molecule has 2 rings (SSSR count). The van der Waals surface area contributed by atoms with Gasteiger partial charge in [-0.05, 0) is 32.1 Å². The van der Waals surface area contributed by atoms with Crippen molar-refractivity contribution in [3.63, 3.8) is 0 Å². The van der Waals surface area contributed by atoms with Gasteiger partial charge < -0.3 is 5.11 Å². The molecule has 0 aromatic rings. The lowest BCUT2D eigenvalue weighted by Gasteiger charge is -2.35. The second-order valence-electron chi connectivity index (χ2n) is 3.95. The van der Waals surface area contributed by atoms with E-state index in [1.54, 1.807) is 0 Å². The fraction of sp³-hybridized carbons (Fsp3) is 0.636. The third kappa shape index (κ3) is 1.22.